The topological polar surface area (TPSA) is 29.1 Å². The van der Waals surface area contributed by atoms with Gasteiger partial charge in [-0.05, 0) is 60.7 Å². The zero-order valence-corrected chi connectivity index (χ0v) is 13.2. The molecule has 0 saturated heterocycles. The van der Waals surface area contributed by atoms with Crippen LogP contribution >= 0.6 is 33.9 Å². The fourth-order valence-corrected chi connectivity index (χ4v) is 3.19. The molecule has 1 N–H and O–H groups in total. The Bertz CT molecular complexity index is 564. The van der Waals surface area contributed by atoms with Crippen molar-refractivity contribution in [2.45, 2.75) is 19.9 Å². The van der Waals surface area contributed by atoms with Gasteiger partial charge in [0.2, 0.25) is 0 Å². The van der Waals surface area contributed by atoms with E-state index in [2.05, 4.69) is 47.0 Å². The summed E-state index contributed by atoms with van der Waals surface area (Å²) in [5.41, 5.74) is 0.734. The maximum absolute atomic E-state index is 12.1. The molecule has 1 aromatic heterocycles. The average Bonchev–Trinajstić information content (AvgIpc) is 2.76. The molecule has 0 aliphatic rings. The molecule has 1 aromatic carbocycles. The summed E-state index contributed by atoms with van der Waals surface area (Å²) in [7, 11) is 0. The normalized spacial score (nSPS) is 12.2. The Morgan fingerprint density at radius 1 is 1.28 bits per heavy atom. The van der Waals surface area contributed by atoms with Crippen molar-refractivity contribution in [2.24, 2.45) is 0 Å². The molecule has 1 amide bonds. The first kappa shape index (κ1) is 13.5. The Hall–Kier alpha value is -0.880. The van der Waals surface area contributed by atoms with E-state index in [9.17, 15) is 4.79 Å². The molecule has 1 unspecified atom stereocenters. The summed E-state index contributed by atoms with van der Waals surface area (Å²) in [5.74, 6) is -0.0152. The smallest absolute Gasteiger partial charge is 0.252 e. The Kier molecular flexibility index (Phi) is 4.40. The maximum atomic E-state index is 12.1. The van der Waals surface area contributed by atoms with E-state index in [1.54, 1.807) is 11.3 Å². The molecule has 0 fully saturated rings. The highest BCUT2D eigenvalue weighted by Gasteiger charge is 2.14. The van der Waals surface area contributed by atoms with Gasteiger partial charge in [0, 0.05) is 13.3 Å². The largest absolute Gasteiger partial charge is 0.345 e. The number of amides is 1. The molecular weight excluding hydrogens is 357 g/mol. The van der Waals surface area contributed by atoms with E-state index >= 15 is 0 Å². The van der Waals surface area contributed by atoms with Crippen LogP contribution in [-0.2, 0) is 0 Å². The van der Waals surface area contributed by atoms with Crippen LogP contribution in [0.15, 0.2) is 36.4 Å². The molecule has 4 heteroatoms. The number of halogens is 1. The average molecular weight is 371 g/mol. The molecule has 1 heterocycles. The van der Waals surface area contributed by atoms with Crippen LogP contribution < -0.4 is 5.32 Å². The van der Waals surface area contributed by atoms with Gasteiger partial charge in [0.1, 0.15) is 0 Å². The summed E-state index contributed by atoms with van der Waals surface area (Å²) in [6.07, 6.45) is 0. The lowest BCUT2D eigenvalue weighted by Crippen LogP contribution is -2.26. The molecule has 0 spiro atoms. The van der Waals surface area contributed by atoms with E-state index in [1.165, 1.54) is 9.75 Å². The molecular formula is C14H14INOS. The van der Waals surface area contributed by atoms with Crippen LogP contribution in [0, 0.1) is 10.5 Å². The predicted molar refractivity (Wildman–Crippen MR) is 84.1 cm³/mol. The molecule has 0 aliphatic heterocycles. The van der Waals surface area contributed by atoms with Crippen molar-refractivity contribution in [1.29, 1.82) is 0 Å². The molecule has 1 atom stereocenters. The van der Waals surface area contributed by atoms with Gasteiger partial charge in [0.25, 0.3) is 5.91 Å². The lowest BCUT2D eigenvalue weighted by molar-refractivity contribution is 0.0939. The van der Waals surface area contributed by atoms with E-state index in [0.717, 1.165) is 9.13 Å². The summed E-state index contributed by atoms with van der Waals surface area (Å²) in [5, 5.41) is 3.03. The van der Waals surface area contributed by atoms with Crippen LogP contribution in [0.3, 0.4) is 0 Å². The van der Waals surface area contributed by atoms with Crippen molar-refractivity contribution in [3.8, 4) is 0 Å². The zero-order valence-electron chi connectivity index (χ0n) is 10.2. The number of carbonyl (C=O) groups is 1. The first-order valence-corrected chi connectivity index (χ1v) is 7.59. The summed E-state index contributed by atoms with van der Waals surface area (Å²) < 4.78 is 0.974. The molecule has 2 nitrogen and oxygen atoms in total. The monoisotopic (exact) mass is 371 g/mol. The Balaban J connectivity index is 2.10. The molecule has 0 saturated carbocycles. The minimum absolute atomic E-state index is 0.0152. The SMILES string of the molecule is Cc1ccc(C(C)NC(=O)c2ccccc2I)s1. The highest BCUT2D eigenvalue weighted by atomic mass is 127. The van der Waals surface area contributed by atoms with Gasteiger partial charge in [0.15, 0.2) is 0 Å². The fraction of sp³-hybridized carbons (Fsp3) is 0.214. The lowest BCUT2D eigenvalue weighted by Gasteiger charge is -2.13. The number of nitrogens with one attached hydrogen (secondary N) is 1. The summed E-state index contributed by atoms with van der Waals surface area (Å²) in [6, 6.07) is 11.8. The molecule has 2 aromatic rings. The highest BCUT2D eigenvalue weighted by molar-refractivity contribution is 14.1. The first-order chi connectivity index (χ1) is 8.58. The van der Waals surface area contributed by atoms with Crippen LogP contribution in [0.4, 0.5) is 0 Å². The second-order valence-electron chi connectivity index (χ2n) is 4.12. The fourth-order valence-electron chi connectivity index (χ4n) is 1.68. The molecule has 94 valence electrons. The summed E-state index contributed by atoms with van der Waals surface area (Å²) in [6.45, 7) is 4.09. The van der Waals surface area contributed by atoms with Gasteiger partial charge in [-0.1, -0.05) is 12.1 Å². The van der Waals surface area contributed by atoms with Crippen LogP contribution in [0.25, 0.3) is 0 Å². The van der Waals surface area contributed by atoms with Gasteiger partial charge in [0.05, 0.1) is 11.6 Å². The number of thiophene rings is 1. The third kappa shape index (κ3) is 3.11. The lowest BCUT2D eigenvalue weighted by atomic mass is 10.2. The number of rotatable bonds is 3. The number of benzene rings is 1. The van der Waals surface area contributed by atoms with Gasteiger partial charge in [-0.3, -0.25) is 4.79 Å². The van der Waals surface area contributed by atoms with Crippen molar-refractivity contribution < 1.29 is 4.79 Å². The van der Waals surface area contributed by atoms with Crippen LogP contribution in [0.5, 0.6) is 0 Å². The quantitative estimate of drug-likeness (QED) is 0.807. The van der Waals surface area contributed by atoms with Crippen molar-refractivity contribution in [3.63, 3.8) is 0 Å². The Morgan fingerprint density at radius 3 is 2.61 bits per heavy atom. The minimum Gasteiger partial charge on any atom is -0.345 e. The minimum atomic E-state index is -0.0152. The standard InChI is InChI=1S/C14H14INOS/c1-9-7-8-13(18-9)10(2)16-14(17)11-5-3-4-6-12(11)15/h3-8,10H,1-2H3,(H,16,17). The van der Waals surface area contributed by atoms with Crippen LogP contribution in [-0.4, -0.2) is 5.91 Å². The van der Waals surface area contributed by atoms with Crippen molar-refractivity contribution in [1.82, 2.24) is 5.32 Å². The van der Waals surface area contributed by atoms with E-state index in [-0.39, 0.29) is 11.9 Å². The van der Waals surface area contributed by atoms with Gasteiger partial charge in [-0.2, -0.15) is 0 Å². The van der Waals surface area contributed by atoms with Crippen molar-refractivity contribution in [3.05, 3.63) is 55.3 Å². The third-order valence-electron chi connectivity index (χ3n) is 2.65. The van der Waals surface area contributed by atoms with Crippen molar-refractivity contribution in [2.75, 3.05) is 0 Å². The van der Waals surface area contributed by atoms with E-state index < -0.39 is 0 Å². The maximum Gasteiger partial charge on any atom is 0.252 e. The molecule has 2 rings (SSSR count). The number of aryl methyl sites for hydroxylation is 1. The zero-order chi connectivity index (χ0) is 13.1. The van der Waals surface area contributed by atoms with Gasteiger partial charge < -0.3 is 5.32 Å². The second kappa shape index (κ2) is 5.84. The number of carbonyl (C=O) groups excluding carboxylic acids is 1. The highest BCUT2D eigenvalue weighted by Crippen LogP contribution is 2.23. The van der Waals surface area contributed by atoms with Crippen LogP contribution in [0.1, 0.15) is 33.1 Å². The van der Waals surface area contributed by atoms with E-state index in [4.69, 9.17) is 0 Å². The molecule has 0 bridgehead atoms. The predicted octanol–water partition coefficient (Wildman–Crippen LogP) is 4.15. The van der Waals surface area contributed by atoms with Gasteiger partial charge in [-0.25, -0.2) is 0 Å². The van der Waals surface area contributed by atoms with Crippen molar-refractivity contribution >= 4 is 39.8 Å². The summed E-state index contributed by atoms with van der Waals surface area (Å²) in [4.78, 5) is 14.6. The first-order valence-electron chi connectivity index (χ1n) is 5.69. The van der Waals surface area contributed by atoms with Gasteiger partial charge in [-0.15, -0.1) is 11.3 Å². The van der Waals surface area contributed by atoms with Gasteiger partial charge >= 0.3 is 0 Å². The van der Waals surface area contributed by atoms with E-state index in [0.29, 0.717) is 0 Å². The number of hydrogen-bond acceptors (Lipinski definition) is 2. The summed E-state index contributed by atoms with van der Waals surface area (Å²) >= 11 is 3.90. The third-order valence-corrected chi connectivity index (χ3v) is 4.78. The molecule has 0 aliphatic carbocycles. The Morgan fingerprint density at radius 2 is 2.00 bits per heavy atom. The Labute approximate surface area is 125 Å². The molecule has 18 heavy (non-hydrogen) atoms. The number of hydrogen-bond donors (Lipinski definition) is 1. The van der Waals surface area contributed by atoms with Crippen LogP contribution in [0.2, 0.25) is 0 Å². The second-order valence-corrected chi connectivity index (χ2v) is 6.61. The molecule has 0 radical (unpaired) electrons. The van der Waals surface area contributed by atoms with E-state index in [1.807, 2.05) is 31.2 Å².